The molecule has 0 atom stereocenters. The third-order valence-electron chi connectivity index (χ3n) is 3.30. The maximum absolute atomic E-state index is 13.5. The van der Waals surface area contributed by atoms with Gasteiger partial charge in [-0.3, -0.25) is 4.99 Å². The van der Waals surface area contributed by atoms with E-state index >= 15 is 0 Å². The first kappa shape index (κ1) is 14.6. The lowest BCUT2D eigenvalue weighted by molar-refractivity contribution is 0.608. The van der Waals surface area contributed by atoms with Crippen LogP contribution in [0.4, 0.5) is 4.39 Å². The zero-order valence-corrected chi connectivity index (χ0v) is 11.9. The van der Waals surface area contributed by atoms with Crippen LogP contribution < -0.4 is 10.6 Å². The number of hydrogen-bond donors (Lipinski definition) is 2. The fourth-order valence-corrected chi connectivity index (χ4v) is 2.24. The lowest BCUT2D eigenvalue weighted by Crippen LogP contribution is -2.42. The Kier molecular flexibility index (Phi) is 5.59. The average molecular weight is 275 g/mol. The second kappa shape index (κ2) is 7.68. The molecule has 0 heterocycles. The highest BCUT2D eigenvalue weighted by Gasteiger charge is 2.11. The van der Waals surface area contributed by atoms with Crippen molar-refractivity contribution in [2.45, 2.75) is 32.2 Å². The summed E-state index contributed by atoms with van der Waals surface area (Å²) in [6, 6.07) is 7.30. The van der Waals surface area contributed by atoms with Crippen molar-refractivity contribution in [3.05, 3.63) is 47.8 Å². The summed E-state index contributed by atoms with van der Waals surface area (Å²) >= 11 is 0. The summed E-state index contributed by atoms with van der Waals surface area (Å²) in [5.74, 6) is 0.665. The molecule has 1 aromatic carbocycles. The first-order valence-corrected chi connectivity index (χ1v) is 7.23. The molecule has 0 fully saturated rings. The quantitative estimate of drug-likeness (QED) is 0.492. The zero-order valence-electron chi connectivity index (χ0n) is 11.9. The minimum Gasteiger partial charge on any atom is -0.357 e. The molecule has 0 aromatic heterocycles. The van der Waals surface area contributed by atoms with E-state index < -0.39 is 0 Å². The molecule has 1 aliphatic carbocycles. The van der Waals surface area contributed by atoms with E-state index in [0.29, 0.717) is 19.0 Å². The van der Waals surface area contributed by atoms with Crippen LogP contribution in [0.3, 0.4) is 0 Å². The molecular weight excluding hydrogens is 253 g/mol. The average Bonchev–Trinajstić information content (AvgIpc) is 2.94. The summed E-state index contributed by atoms with van der Waals surface area (Å²) in [6.07, 6.45) is 7.06. The molecule has 108 valence electrons. The number of aliphatic imine (C=N–C) groups is 1. The van der Waals surface area contributed by atoms with E-state index in [0.717, 1.165) is 30.9 Å². The van der Waals surface area contributed by atoms with Gasteiger partial charge in [0, 0.05) is 19.1 Å². The van der Waals surface area contributed by atoms with E-state index in [2.05, 4.69) is 27.8 Å². The number of hydrogen-bond acceptors (Lipinski definition) is 1. The third-order valence-corrected chi connectivity index (χ3v) is 3.30. The first-order valence-electron chi connectivity index (χ1n) is 7.23. The largest absolute Gasteiger partial charge is 0.357 e. The van der Waals surface area contributed by atoms with Crippen LogP contribution in [-0.4, -0.2) is 25.1 Å². The molecule has 0 amide bonds. The van der Waals surface area contributed by atoms with Crippen molar-refractivity contribution in [2.75, 3.05) is 13.1 Å². The van der Waals surface area contributed by atoms with Crippen LogP contribution in [0.5, 0.6) is 0 Å². The highest BCUT2D eigenvalue weighted by atomic mass is 19.1. The molecule has 0 spiro atoms. The van der Waals surface area contributed by atoms with Crippen molar-refractivity contribution < 1.29 is 4.39 Å². The SMILES string of the molecule is CCNC(=NCCc1ccccc1F)NC1CC=CC1. The van der Waals surface area contributed by atoms with Gasteiger partial charge in [0.2, 0.25) is 0 Å². The van der Waals surface area contributed by atoms with E-state index in [4.69, 9.17) is 0 Å². The first-order chi connectivity index (χ1) is 9.79. The van der Waals surface area contributed by atoms with Gasteiger partial charge in [0.15, 0.2) is 5.96 Å². The molecule has 20 heavy (non-hydrogen) atoms. The van der Waals surface area contributed by atoms with Crippen molar-refractivity contribution in [3.63, 3.8) is 0 Å². The highest BCUT2D eigenvalue weighted by molar-refractivity contribution is 5.80. The second-order valence-electron chi connectivity index (χ2n) is 4.89. The summed E-state index contributed by atoms with van der Waals surface area (Å²) in [6.45, 7) is 3.45. The monoisotopic (exact) mass is 275 g/mol. The van der Waals surface area contributed by atoms with Gasteiger partial charge in [-0.25, -0.2) is 4.39 Å². The zero-order chi connectivity index (χ0) is 14.2. The van der Waals surface area contributed by atoms with E-state index in [9.17, 15) is 4.39 Å². The Labute approximate surface area is 120 Å². The summed E-state index contributed by atoms with van der Waals surface area (Å²) in [4.78, 5) is 4.51. The van der Waals surface area contributed by atoms with Gasteiger partial charge in [-0.1, -0.05) is 30.4 Å². The Morgan fingerprint density at radius 1 is 1.30 bits per heavy atom. The van der Waals surface area contributed by atoms with Gasteiger partial charge in [-0.2, -0.15) is 0 Å². The van der Waals surface area contributed by atoms with Crippen molar-refractivity contribution in [1.29, 1.82) is 0 Å². The number of benzene rings is 1. The fourth-order valence-electron chi connectivity index (χ4n) is 2.24. The van der Waals surface area contributed by atoms with Gasteiger partial charge in [0.25, 0.3) is 0 Å². The van der Waals surface area contributed by atoms with Gasteiger partial charge in [-0.05, 0) is 37.8 Å². The maximum Gasteiger partial charge on any atom is 0.191 e. The van der Waals surface area contributed by atoms with Crippen LogP contribution in [0.2, 0.25) is 0 Å². The van der Waals surface area contributed by atoms with Crippen LogP contribution >= 0.6 is 0 Å². The highest BCUT2D eigenvalue weighted by Crippen LogP contribution is 2.09. The second-order valence-corrected chi connectivity index (χ2v) is 4.89. The molecule has 1 aromatic rings. The smallest absolute Gasteiger partial charge is 0.191 e. The van der Waals surface area contributed by atoms with Gasteiger partial charge >= 0.3 is 0 Å². The minimum atomic E-state index is -0.152. The van der Waals surface area contributed by atoms with Gasteiger partial charge in [0.05, 0.1) is 0 Å². The Morgan fingerprint density at radius 3 is 2.75 bits per heavy atom. The number of rotatable bonds is 5. The van der Waals surface area contributed by atoms with Gasteiger partial charge < -0.3 is 10.6 Å². The molecule has 3 nitrogen and oxygen atoms in total. The Hall–Kier alpha value is -1.84. The Bertz CT molecular complexity index is 474. The summed E-state index contributed by atoms with van der Waals surface area (Å²) in [5.41, 5.74) is 0.717. The Balaban J connectivity index is 1.86. The minimum absolute atomic E-state index is 0.152. The van der Waals surface area contributed by atoms with Crippen molar-refractivity contribution in [3.8, 4) is 0 Å². The molecular formula is C16H22FN3. The number of guanidine groups is 1. The summed E-state index contributed by atoms with van der Waals surface area (Å²) in [5, 5.41) is 6.63. The topological polar surface area (TPSA) is 36.4 Å². The lowest BCUT2D eigenvalue weighted by atomic mass is 10.1. The van der Waals surface area contributed by atoms with Crippen LogP contribution in [-0.2, 0) is 6.42 Å². The molecule has 0 radical (unpaired) electrons. The molecule has 2 N–H and O–H groups in total. The number of nitrogens with zero attached hydrogens (tertiary/aromatic N) is 1. The van der Waals surface area contributed by atoms with Crippen molar-refractivity contribution in [2.24, 2.45) is 4.99 Å². The molecule has 1 aliphatic rings. The molecule has 0 unspecified atom stereocenters. The van der Waals surface area contributed by atoms with Crippen molar-refractivity contribution >= 4 is 5.96 Å². The van der Waals surface area contributed by atoms with Gasteiger partial charge in [-0.15, -0.1) is 0 Å². The predicted molar refractivity (Wildman–Crippen MR) is 81.4 cm³/mol. The number of nitrogens with one attached hydrogen (secondary N) is 2. The molecule has 0 saturated heterocycles. The Morgan fingerprint density at radius 2 is 2.05 bits per heavy atom. The molecule has 2 rings (SSSR count). The van der Waals surface area contributed by atoms with Gasteiger partial charge in [0.1, 0.15) is 5.82 Å². The summed E-state index contributed by atoms with van der Waals surface area (Å²) < 4.78 is 13.5. The third kappa shape index (κ3) is 4.37. The summed E-state index contributed by atoms with van der Waals surface area (Å²) in [7, 11) is 0. The lowest BCUT2D eigenvalue weighted by Gasteiger charge is -2.16. The predicted octanol–water partition coefficient (Wildman–Crippen LogP) is 2.64. The van der Waals surface area contributed by atoms with Crippen LogP contribution in [0.1, 0.15) is 25.3 Å². The number of halogens is 1. The van der Waals surface area contributed by atoms with Crippen LogP contribution in [0.25, 0.3) is 0 Å². The standard InChI is InChI=1S/C16H22FN3/c1-2-18-16(20-14-8-4-5-9-14)19-12-11-13-7-3-6-10-15(13)17/h3-7,10,14H,2,8-9,11-12H2,1H3,(H2,18,19,20). The van der Waals surface area contributed by atoms with E-state index in [1.165, 1.54) is 6.07 Å². The van der Waals surface area contributed by atoms with Crippen molar-refractivity contribution in [1.82, 2.24) is 10.6 Å². The molecule has 0 bridgehead atoms. The van der Waals surface area contributed by atoms with E-state index in [1.807, 2.05) is 19.1 Å². The van der Waals surface area contributed by atoms with E-state index in [-0.39, 0.29) is 5.82 Å². The molecule has 0 aliphatic heterocycles. The van der Waals surface area contributed by atoms with Crippen LogP contribution in [0, 0.1) is 5.82 Å². The molecule has 0 saturated carbocycles. The maximum atomic E-state index is 13.5. The van der Waals surface area contributed by atoms with Crippen LogP contribution in [0.15, 0.2) is 41.4 Å². The normalized spacial score (nSPS) is 15.6. The fraction of sp³-hybridized carbons (Fsp3) is 0.438. The van der Waals surface area contributed by atoms with E-state index in [1.54, 1.807) is 6.07 Å². The molecule has 4 heteroatoms.